The highest BCUT2D eigenvalue weighted by Gasteiger charge is 1.98. The minimum Gasteiger partial charge on any atom is -0.491 e. The van der Waals surface area contributed by atoms with Crippen LogP contribution in [0.4, 0.5) is 0 Å². The molecule has 2 aromatic carbocycles. The first-order chi connectivity index (χ1) is 9.81. The van der Waals surface area contributed by atoms with Crippen molar-refractivity contribution < 1.29 is 19.7 Å². The summed E-state index contributed by atoms with van der Waals surface area (Å²) in [6, 6.07) is 14.9. The molecular formula is C16H18O4. The van der Waals surface area contributed by atoms with Gasteiger partial charge in [0.25, 0.3) is 0 Å². The van der Waals surface area contributed by atoms with Gasteiger partial charge in [-0.25, -0.2) is 0 Å². The number of aliphatic hydroxyl groups is 2. The Balaban J connectivity index is 1.86. The molecule has 0 saturated carbocycles. The van der Waals surface area contributed by atoms with Crippen LogP contribution < -0.4 is 9.47 Å². The van der Waals surface area contributed by atoms with Crippen LogP contribution in [-0.2, 0) is 13.2 Å². The van der Waals surface area contributed by atoms with Crippen LogP contribution >= 0.6 is 0 Å². The second kappa shape index (κ2) is 7.53. The quantitative estimate of drug-likeness (QED) is 0.812. The molecule has 0 saturated heterocycles. The SMILES string of the molecule is OCCOc1ccc(OCc2ccc(CO)cc2)cc1. The molecule has 2 N–H and O–H groups in total. The zero-order valence-corrected chi connectivity index (χ0v) is 11.2. The summed E-state index contributed by atoms with van der Waals surface area (Å²) in [6.07, 6.45) is 0. The fourth-order valence-electron chi connectivity index (χ4n) is 1.70. The molecule has 0 spiro atoms. The Morgan fingerprint density at radius 2 is 1.25 bits per heavy atom. The predicted octanol–water partition coefficient (Wildman–Crippen LogP) is 2.13. The molecule has 0 aromatic heterocycles. The lowest BCUT2D eigenvalue weighted by molar-refractivity contribution is 0.201. The first-order valence-corrected chi connectivity index (χ1v) is 6.47. The largest absolute Gasteiger partial charge is 0.491 e. The van der Waals surface area contributed by atoms with Gasteiger partial charge in [-0.05, 0) is 35.4 Å². The van der Waals surface area contributed by atoms with Crippen LogP contribution in [0, 0.1) is 0 Å². The summed E-state index contributed by atoms with van der Waals surface area (Å²) in [5.41, 5.74) is 1.93. The van der Waals surface area contributed by atoms with Gasteiger partial charge in [0.2, 0.25) is 0 Å². The molecule has 2 rings (SSSR count). The highest BCUT2D eigenvalue weighted by atomic mass is 16.5. The lowest BCUT2D eigenvalue weighted by atomic mass is 10.1. The molecule has 4 heteroatoms. The van der Waals surface area contributed by atoms with E-state index >= 15 is 0 Å². The van der Waals surface area contributed by atoms with Gasteiger partial charge in [-0.2, -0.15) is 0 Å². The summed E-state index contributed by atoms with van der Waals surface area (Å²) in [7, 11) is 0. The molecule has 4 nitrogen and oxygen atoms in total. The number of rotatable bonds is 7. The van der Waals surface area contributed by atoms with Crippen molar-refractivity contribution in [3.63, 3.8) is 0 Å². The van der Waals surface area contributed by atoms with Crippen LogP contribution in [0.3, 0.4) is 0 Å². The molecule has 0 aliphatic carbocycles. The van der Waals surface area contributed by atoms with Gasteiger partial charge in [0.15, 0.2) is 0 Å². The van der Waals surface area contributed by atoms with E-state index in [4.69, 9.17) is 19.7 Å². The van der Waals surface area contributed by atoms with Crippen LogP contribution in [-0.4, -0.2) is 23.4 Å². The summed E-state index contributed by atoms with van der Waals surface area (Å²) in [5.74, 6) is 1.46. The fraction of sp³-hybridized carbons (Fsp3) is 0.250. The van der Waals surface area contributed by atoms with Crippen molar-refractivity contribution in [3.05, 3.63) is 59.7 Å². The average Bonchev–Trinajstić information content (AvgIpc) is 2.52. The Labute approximate surface area is 118 Å². The van der Waals surface area contributed by atoms with Crippen LogP contribution in [0.2, 0.25) is 0 Å². The molecule has 106 valence electrons. The van der Waals surface area contributed by atoms with Crippen LogP contribution in [0.5, 0.6) is 11.5 Å². The third kappa shape index (κ3) is 4.26. The van der Waals surface area contributed by atoms with Crippen molar-refractivity contribution in [1.29, 1.82) is 0 Å². The molecule has 0 aliphatic heterocycles. The zero-order chi connectivity index (χ0) is 14.2. The molecule has 0 heterocycles. The minimum atomic E-state index is 0.00207. The molecule has 0 fully saturated rings. The molecule has 2 aromatic rings. The second-order valence-corrected chi connectivity index (χ2v) is 4.31. The molecule has 0 aliphatic rings. The van der Waals surface area contributed by atoms with Crippen molar-refractivity contribution in [2.45, 2.75) is 13.2 Å². The second-order valence-electron chi connectivity index (χ2n) is 4.31. The van der Waals surface area contributed by atoms with Gasteiger partial charge in [0.05, 0.1) is 13.2 Å². The maximum atomic E-state index is 8.97. The summed E-state index contributed by atoms with van der Waals surface area (Å²) in [4.78, 5) is 0. The van der Waals surface area contributed by atoms with E-state index in [9.17, 15) is 0 Å². The smallest absolute Gasteiger partial charge is 0.120 e. The maximum Gasteiger partial charge on any atom is 0.120 e. The van der Waals surface area contributed by atoms with E-state index in [2.05, 4.69) is 0 Å². The van der Waals surface area contributed by atoms with Crippen molar-refractivity contribution in [3.8, 4) is 11.5 Å². The number of hydrogen-bond donors (Lipinski definition) is 2. The number of benzene rings is 2. The van der Waals surface area contributed by atoms with Gasteiger partial charge in [0, 0.05) is 0 Å². The summed E-state index contributed by atoms with van der Waals surface area (Å²) < 4.78 is 10.9. The highest BCUT2D eigenvalue weighted by Crippen LogP contribution is 2.18. The van der Waals surface area contributed by atoms with Crippen molar-refractivity contribution >= 4 is 0 Å². The van der Waals surface area contributed by atoms with E-state index in [0.717, 1.165) is 16.9 Å². The van der Waals surface area contributed by atoms with Gasteiger partial charge in [0.1, 0.15) is 24.7 Å². The number of ether oxygens (including phenoxy) is 2. The van der Waals surface area contributed by atoms with Crippen LogP contribution in [0.15, 0.2) is 48.5 Å². The lowest BCUT2D eigenvalue weighted by Crippen LogP contribution is -2.01. The Bertz CT molecular complexity index is 505. The third-order valence-corrected chi connectivity index (χ3v) is 2.79. The first-order valence-electron chi connectivity index (χ1n) is 6.47. The highest BCUT2D eigenvalue weighted by molar-refractivity contribution is 5.31. The number of hydrogen-bond acceptors (Lipinski definition) is 4. The Morgan fingerprint density at radius 1 is 0.700 bits per heavy atom. The van der Waals surface area contributed by atoms with E-state index in [1.807, 2.05) is 36.4 Å². The molecule has 0 amide bonds. The van der Waals surface area contributed by atoms with Gasteiger partial charge in [-0.3, -0.25) is 0 Å². The molecule has 0 unspecified atom stereocenters. The summed E-state index contributed by atoms with van der Waals surface area (Å²) >= 11 is 0. The maximum absolute atomic E-state index is 8.97. The van der Waals surface area contributed by atoms with E-state index in [1.54, 1.807) is 12.1 Å². The average molecular weight is 274 g/mol. The minimum absolute atomic E-state index is 0.00207. The van der Waals surface area contributed by atoms with E-state index in [-0.39, 0.29) is 19.8 Å². The lowest BCUT2D eigenvalue weighted by Gasteiger charge is -2.08. The standard InChI is InChI=1S/C16H18O4/c17-9-10-19-15-5-7-16(8-6-15)20-12-14-3-1-13(11-18)2-4-14/h1-8,17-18H,9-12H2. The zero-order valence-electron chi connectivity index (χ0n) is 11.2. The molecule has 0 bridgehead atoms. The third-order valence-electron chi connectivity index (χ3n) is 2.79. The van der Waals surface area contributed by atoms with Crippen LogP contribution in [0.1, 0.15) is 11.1 Å². The molecule has 20 heavy (non-hydrogen) atoms. The van der Waals surface area contributed by atoms with Gasteiger partial charge in [-0.15, -0.1) is 0 Å². The topological polar surface area (TPSA) is 58.9 Å². The van der Waals surface area contributed by atoms with Gasteiger partial charge in [-0.1, -0.05) is 24.3 Å². The predicted molar refractivity (Wildman–Crippen MR) is 75.7 cm³/mol. The Kier molecular flexibility index (Phi) is 5.41. The molecule has 0 atom stereocenters. The fourth-order valence-corrected chi connectivity index (χ4v) is 1.70. The molecular weight excluding hydrogens is 256 g/mol. The monoisotopic (exact) mass is 274 g/mol. The van der Waals surface area contributed by atoms with E-state index in [1.165, 1.54) is 0 Å². The summed E-state index contributed by atoms with van der Waals surface area (Å²) in [6.45, 7) is 0.818. The summed E-state index contributed by atoms with van der Waals surface area (Å²) in [5, 5.41) is 17.6. The van der Waals surface area contributed by atoms with E-state index in [0.29, 0.717) is 12.4 Å². The van der Waals surface area contributed by atoms with Gasteiger partial charge < -0.3 is 19.7 Å². The van der Waals surface area contributed by atoms with Crippen molar-refractivity contribution in [2.24, 2.45) is 0 Å². The van der Waals surface area contributed by atoms with Gasteiger partial charge >= 0.3 is 0 Å². The van der Waals surface area contributed by atoms with Crippen molar-refractivity contribution in [2.75, 3.05) is 13.2 Å². The Morgan fingerprint density at radius 3 is 1.80 bits per heavy atom. The molecule has 0 radical (unpaired) electrons. The van der Waals surface area contributed by atoms with Crippen LogP contribution in [0.25, 0.3) is 0 Å². The Hall–Kier alpha value is -2.04. The number of aliphatic hydroxyl groups excluding tert-OH is 2. The first kappa shape index (κ1) is 14.4. The van der Waals surface area contributed by atoms with E-state index < -0.39 is 0 Å². The normalized spacial score (nSPS) is 10.3. The van der Waals surface area contributed by atoms with Crippen molar-refractivity contribution in [1.82, 2.24) is 0 Å².